The Kier molecular flexibility index (Phi) is 10.7. The molecule has 1 amide bonds. The third kappa shape index (κ3) is 10.6. The number of amides is 1. The number of guanidine groups is 1. The first-order valence-electron chi connectivity index (χ1n) is 8.81. The molecule has 1 aromatic rings. The van der Waals surface area contributed by atoms with Gasteiger partial charge < -0.3 is 20.7 Å². The summed E-state index contributed by atoms with van der Waals surface area (Å²) in [5.74, 6) is -0.652. The number of rotatable bonds is 6. The molecule has 1 rings (SSSR count). The molecule has 0 fully saturated rings. The van der Waals surface area contributed by atoms with Crippen molar-refractivity contribution in [3.63, 3.8) is 0 Å². The third-order valence-electron chi connectivity index (χ3n) is 3.46. The van der Waals surface area contributed by atoms with Crippen molar-refractivity contribution in [3.8, 4) is 0 Å². The van der Waals surface area contributed by atoms with Crippen LogP contribution >= 0.6 is 24.0 Å². The lowest BCUT2D eigenvalue weighted by Crippen LogP contribution is -2.54. The molecular formula is C19H31F2IN4O2. The minimum Gasteiger partial charge on any atom is -0.444 e. The van der Waals surface area contributed by atoms with Crippen LogP contribution in [0.4, 0.5) is 13.6 Å². The summed E-state index contributed by atoms with van der Waals surface area (Å²) in [6.45, 7) is 9.92. The van der Waals surface area contributed by atoms with E-state index in [0.717, 1.165) is 6.07 Å². The second-order valence-corrected chi connectivity index (χ2v) is 7.85. The summed E-state index contributed by atoms with van der Waals surface area (Å²) in [7, 11) is 1.61. The first kappa shape index (κ1) is 26.4. The average Bonchev–Trinajstić information content (AvgIpc) is 2.50. The number of hydrogen-bond acceptors (Lipinski definition) is 3. The quantitative estimate of drug-likeness (QED) is 0.310. The fourth-order valence-electron chi connectivity index (χ4n) is 2.19. The van der Waals surface area contributed by atoms with Crippen LogP contribution in [0, 0.1) is 11.6 Å². The van der Waals surface area contributed by atoms with Gasteiger partial charge in [-0.1, -0.05) is 6.07 Å². The standard InChI is InChI=1S/C19H30F2N4O2.HI/c1-18(2,3)27-17(26)25-19(4,5)12-24-16(22-6)23-10-9-13-7-8-14(20)11-15(13)21;/h7-8,11H,9-10,12H2,1-6H3,(H,25,26)(H2,22,23,24);1H. The molecule has 9 heteroatoms. The highest BCUT2D eigenvalue weighted by molar-refractivity contribution is 14.0. The van der Waals surface area contributed by atoms with Crippen molar-refractivity contribution in [2.24, 2.45) is 4.99 Å². The topological polar surface area (TPSA) is 74.8 Å². The number of halogens is 3. The van der Waals surface area contributed by atoms with Gasteiger partial charge in [0.2, 0.25) is 0 Å². The van der Waals surface area contributed by atoms with Gasteiger partial charge in [0.25, 0.3) is 0 Å². The van der Waals surface area contributed by atoms with E-state index in [9.17, 15) is 13.6 Å². The molecule has 3 N–H and O–H groups in total. The Morgan fingerprint density at radius 1 is 1.14 bits per heavy atom. The summed E-state index contributed by atoms with van der Waals surface area (Å²) in [6, 6.07) is 3.53. The monoisotopic (exact) mass is 512 g/mol. The van der Waals surface area contributed by atoms with E-state index in [2.05, 4.69) is 20.9 Å². The smallest absolute Gasteiger partial charge is 0.408 e. The Labute approximate surface area is 182 Å². The molecule has 0 unspecified atom stereocenters. The summed E-state index contributed by atoms with van der Waals surface area (Å²) in [6.07, 6.45) is -0.115. The van der Waals surface area contributed by atoms with Gasteiger partial charge in [-0.2, -0.15) is 0 Å². The van der Waals surface area contributed by atoms with Gasteiger partial charge in [0.1, 0.15) is 17.2 Å². The van der Waals surface area contributed by atoms with Crippen LogP contribution in [0.3, 0.4) is 0 Å². The third-order valence-corrected chi connectivity index (χ3v) is 3.46. The molecule has 0 aliphatic carbocycles. The molecule has 0 aromatic heterocycles. The van der Waals surface area contributed by atoms with Crippen LogP contribution < -0.4 is 16.0 Å². The fraction of sp³-hybridized carbons (Fsp3) is 0.579. The molecule has 1 aromatic carbocycles. The minimum absolute atomic E-state index is 0. The van der Waals surface area contributed by atoms with E-state index >= 15 is 0 Å². The number of ether oxygens (including phenoxy) is 1. The van der Waals surface area contributed by atoms with Gasteiger partial charge in [-0.25, -0.2) is 13.6 Å². The van der Waals surface area contributed by atoms with Crippen molar-refractivity contribution >= 4 is 36.0 Å². The number of carbonyl (C=O) groups is 1. The van der Waals surface area contributed by atoms with E-state index in [-0.39, 0.29) is 24.0 Å². The van der Waals surface area contributed by atoms with Crippen LogP contribution in [-0.2, 0) is 11.2 Å². The molecule has 6 nitrogen and oxygen atoms in total. The molecule has 160 valence electrons. The Hall–Kier alpha value is -1.65. The molecule has 0 heterocycles. The zero-order chi connectivity index (χ0) is 20.7. The van der Waals surface area contributed by atoms with E-state index in [1.165, 1.54) is 12.1 Å². The highest BCUT2D eigenvalue weighted by atomic mass is 127. The molecule has 28 heavy (non-hydrogen) atoms. The number of aliphatic imine (C=N–C) groups is 1. The molecule has 0 spiro atoms. The zero-order valence-corrected chi connectivity index (χ0v) is 19.6. The lowest BCUT2D eigenvalue weighted by molar-refractivity contribution is 0.0474. The van der Waals surface area contributed by atoms with Gasteiger partial charge in [-0.3, -0.25) is 4.99 Å². The molecule has 0 radical (unpaired) electrons. The van der Waals surface area contributed by atoms with Gasteiger partial charge in [0.05, 0.1) is 5.54 Å². The lowest BCUT2D eigenvalue weighted by Gasteiger charge is -2.29. The summed E-state index contributed by atoms with van der Waals surface area (Å²) >= 11 is 0. The van der Waals surface area contributed by atoms with E-state index in [1.54, 1.807) is 27.8 Å². The Bertz CT molecular complexity index is 676. The van der Waals surface area contributed by atoms with Crippen LogP contribution in [0.15, 0.2) is 23.2 Å². The van der Waals surface area contributed by atoms with Crippen molar-refractivity contribution in [2.45, 2.75) is 52.2 Å². The Balaban J connectivity index is 0.00000729. The SMILES string of the molecule is CN=C(NCCc1ccc(F)cc1F)NCC(C)(C)NC(=O)OC(C)(C)C.I. The number of hydrogen-bond donors (Lipinski definition) is 3. The van der Waals surface area contributed by atoms with Crippen LogP contribution in [0.5, 0.6) is 0 Å². The maximum absolute atomic E-state index is 13.6. The van der Waals surface area contributed by atoms with Gasteiger partial charge >= 0.3 is 6.09 Å². The maximum atomic E-state index is 13.6. The van der Waals surface area contributed by atoms with Crippen LogP contribution in [-0.4, -0.2) is 43.3 Å². The van der Waals surface area contributed by atoms with Gasteiger partial charge in [0.15, 0.2) is 5.96 Å². The second-order valence-electron chi connectivity index (χ2n) is 7.85. The van der Waals surface area contributed by atoms with Crippen molar-refractivity contribution in [1.82, 2.24) is 16.0 Å². The highest BCUT2D eigenvalue weighted by Gasteiger charge is 2.24. The maximum Gasteiger partial charge on any atom is 0.408 e. The van der Waals surface area contributed by atoms with E-state index in [1.807, 2.05) is 13.8 Å². The van der Waals surface area contributed by atoms with Crippen LogP contribution in [0.2, 0.25) is 0 Å². The molecule has 0 atom stereocenters. The van der Waals surface area contributed by atoms with Crippen molar-refractivity contribution < 1.29 is 18.3 Å². The number of carbonyl (C=O) groups excluding carboxylic acids is 1. The number of alkyl carbamates (subject to hydrolysis) is 1. The molecule has 0 aliphatic rings. The van der Waals surface area contributed by atoms with Crippen molar-refractivity contribution in [3.05, 3.63) is 35.4 Å². The molecule has 0 aliphatic heterocycles. The first-order valence-corrected chi connectivity index (χ1v) is 8.81. The fourth-order valence-corrected chi connectivity index (χ4v) is 2.19. The Morgan fingerprint density at radius 2 is 1.79 bits per heavy atom. The highest BCUT2D eigenvalue weighted by Crippen LogP contribution is 2.10. The summed E-state index contributed by atoms with van der Waals surface area (Å²) in [4.78, 5) is 16.0. The predicted octanol–water partition coefficient (Wildman–Crippen LogP) is 3.59. The summed E-state index contributed by atoms with van der Waals surface area (Å²) in [5, 5.41) is 8.96. The molecule has 0 saturated carbocycles. The van der Waals surface area contributed by atoms with Gasteiger partial charge in [-0.15, -0.1) is 24.0 Å². The first-order chi connectivity index (χ1) is 12.4. The van der Waals surface area contributed by atoms with Crippen LogP contribution in [0.25, 0.3) is 0 Å². The molecule has 0 saturated heterocycles. The molecule has 0 bridgehead atoms. The van der Waals surface area contributed by atoms with E-state index in [0.29, 0.717) is 31.0 Å². The number of nitrogens with zero attached hydrogens (tertiary/aromatic N) is 1. The second kappa shape index (κ2) is 11.4. The zero-order valence-electron chi connectivity index (χ0n) is 17.3. The van der Waals surface area contributed by atoms with E-state index in [4.69, 9.17) is 4.74 Å². The van der Waals surface area contributed by atoms with Gasteiger partial charge in [0, 0.05) is 26.2 Å². The van der Waals surface area contributed by atoms with Crippen molar-refractivity contribution in [1.29, 1.82) is 0 Å². The predicted molar refractivity (Wildman–Crippen MR) is 118 cm³/mol. The van der Waals surface area contributed by atoms with Gasteiger partial charge in [-0.05, 0) is 52.7 Å². The van der Waals surface area contributed by atoms with E-state index < -0.39 is 28.9 Å². The largest absolute Gasteiger partial charge is 0.444 e. The Morgan fingerprint density at radius 3 is 2.32 bits per heavy atom. The van der Waals surface area contributed by atoms with Crippen molar-refractivity contribution in [2.75, 3.05) is 20.1 Å². The number of nitrogens with one attached hydrogen (secondary N) is 3. The summed E-state index contributed by atoms with van der Waals surface area (Å²) < 4.78 is 31.8. The normalized spacial score (nSPS) is 12.1. The number of benzene rings is 1. The summed E-state index contributed by atoms with van der Waals surface area (Å²) in [5.41, 5.74) is -0.727. The lowest BCUT2D eigenvalue weighted by atomic mass is 10.1. The minimum atomic E-state index is -0.596. The molecular weight excluding hydrogens is 481 g/mol. The average molecular weight is 512 g/mol. The van der Waals surface area contributed by atoms with Crippen LogP contribution in [0.1, 0.15) is 40.2 Å².